The van der Waals surface area contributed by atoms with Gasteiger partial charge >= 0.3 is 0 Å². The molecule has 1 nitrogen and oxygen atoms in total. The number of halogens is 2. The van der Waals surface area contributed by atoms with Gasteiger partial charge < -0.3 is 4.74 Å². The summed E-state index contributed by atoms with van der Waals surface area (Å²) < 4.78 is 18.1. The molecule has 3 heteroatoms. The van der Waals surface area contributed by atoms with E-state index in [2.05, 4.69) is 0 Å². The fourth-order valence-electron chi connectivity index (χ4n) is 1.32. The minimum absolute atomic E-state index is 0.107. The van der Waals surface area contributed by atoms with Crippen molar-refractivity contribution in [2.75, 3.05) is 6.61 Å². The van der Waals surface area contributed by atoms with Gasteiger partial charge in [0, 0.05) is 12.0 Å². The number of rotatable bonds is 0. The first-order valence-electron chi connectivity index (χ1n) is 3.83. The van der Waals surface area contributed by atoms with Crippen molar-refractivity contribution in [1.82, 2.24) is 0 Å². The molecule has 1 heterocycles. The lowest BCUT2D eigenvalue weighted by atomic mass is 10.1. The van der Waals surface area contributed by atoms with Gasteiger partial charge in [-0.15, -0.1) is 11.6 Å². The molecular weight excluding hydrogens is 179 g/mol. The molecule has 2 rings (SSSR count). The highest BCUT2D eigenvalue weighted by Crippen LogP contribution is 2.36. The Morgan fingerprint density at radius 2 is 2.33 bits per heavy atom. The highest BCUT2D eigenvalue weighted by Gasteiger charge is 2.19. The average Bonchev–Trinajstić information content (AvgIpc) is 2.07. The maximum Gasteiger partial charge on any atom is 0.124 e. The minimum atomic E-state index is -0.259. The van der Waals surface area contributed by atoms with Crippen molar-refractivity contribution < 1.29 is 9.13 Å². The number of alkyl halides is 1. The summed E-state index contributed by atoms with van der Waals surface area (Å²) in [6, 6.07) is 4.44. The molecule has 0 aliphatic carbocycles. The van der Waals surface area contributed by atoms with Crippen molar-refractivity contribution in [3.05, 3.63) is 29.6 Å². The van der Waals surface area contributed by atoms with E-state index in [1.807, 2.05) is 0 Å². The molecule has 0 amide bonds. The van der Waals surface area contributed by atoms with E-state index in [1.165, 1.54) is 12.1 Å². The molecule has 0 saturated heterocycles. The van der Waals surface area contributed by atoms with E-state index in [0.29, 0.717) is 12.4 Å². The summed E-state index contributed by atoms with van der Waals surface area (Å²) >= 11 is 5.97. The van der Waals surface area contributed by atoms with Gasteiger partial charge in [0.05, 0.1) is 12.0 Å². The third kappa shape index (κ3) is 1.27. The van der Waals surface area contributed by atoms with Crippen LogP contribution in [0.2, 0.25) is 0 Å². The first kappa shape index (κ1) is 7.87. The minimum Gasteiger partial charge on any atom is -0.493 e. The smallest absolute Gasteiger partial charge is 0.124 e. The Labute approximate surface area is 75.1 Å². The number of benzene rings is 1. The lowest BCUT2D eigenvalue weighted by molar-refractivity contribution is 0.284. The molecule has 0 aromatic heterocycles. The molecule has 1 unspecified atom stereocenters. The summed E-state index contributed by atoms with van der Waals surface area (Å²) in [7, 11) is 0. The number of fused-ring (bicyclic) bond motifs is 1. The summed E-state index contributed by atoms with van der Waals surface area (Å²) in [5, 5.41) is -0.107. The third-order valence-electron chi connectivity index (χ3n) is 1.94. The zero-order valence-electron chi connectivity index (χ0n) is 6.39. The van der Waals surface area contributed by atoms with Gasteiger partial charge in [0.25, 0.3) is 0 Å². The molecule has 1 aromatic rings. The molecule has 1 aromatic carbocycles. The Hall–Kier alpha value is -0.760. The van der Waals surface area contributed by atoms with Crippen LogP contribution in [0.5, 0.6) is 5.75 Å². The lowest BCUT2D eigenvalue weighted by Gasteiger charge is -2.21. The van der Waals surface area contributed by atoms with Gasteiger partial charge in [-0.1, -0.05) is 0 Å². The molecule has 0 saturated carbocycles. The predicted molar refractivity (Wildman–Crippen MR) is 45.1 cm³/mol. The monoisotopic (exact) mass is 186 g/mol. The van der Waals surface area contributed by atoms with Gasteiger partial charge in [-0.05, 0) is 18.2 Å². The molecule has 1 aliphatic rings. The standard InChI is InChI=1S/C9H8ClFO/c10-8-3-4-12-9-2-1-6(11)5-7(8)9/h1-2,5,8H,3-4H2. The van der Waals surface area contributed by atoms with Crippen LogP contribution in [0, 0.1) is 5.82 Å². The van der Waals surface area contributed by atoms with Gasteiger partial charge in [0.2, 0.25) is 0 Å². The molecule has 0 fully saturated rings. The van der Waals surface area contributed by atoms with Gasteiger partial charge in [-0.3, -0.25) is 0 Å². The van der Waals surface area contributed by atoms with Crippen LogP contribution in [0.1, 0.15) is 17.4 Å². The van der Waals surface area contributed by atoms with Crippen LogP contribution in [0.4, 0.5) is 4.39 Å². The largest absolute Gasteiger partial charge is 0.493 e. The van der Waals surface area contributed by atoms with Crippen molar-refractivity contribution in [3.8, 4) is 5.75 Å². The number of hydrogen-bond acceptors (Lipinski definition) is 1. The Morgan fingerprint density at radius 3 is 3.17 bits per heavy atom. The maximum absolute atomic E-state index is 12.8. The fraction of sp³-hybridized carbons (Fsp3) is 0.333. The highest BCUT2D eigenvalue weighted by atomic mass is 35.5. The summed E-state index contributed by atoms with van der Waals surface area (Å²) in [5.74, 6) is 0.451. The maximum atomic E-state index is 12.8. The van der Waals surface area contributed by atoms with Gasteiger partial charge in [0.1, 0.15) is 11.6 Å². The summed E-state index contributed by atoms with van der Waals surface area (Å²) in [6.45, 7) is 0.618. The van der Waals surface area contributed by atoms with E-state index in [1.54, 1.807) is 6.07 Å². The van der Waals surface area contributed by atoms with Crippen LogP contribution in [-0.4, -0.2) is 6.61 Å². The second kappa shape index (κ2) is 2.94. The SMILES string of the molecule is Fc1ccc2c(c1)C(Cl)CCO2. The van der Waals surface area contributed by atoms with Crippen LogP contribution in [0.15, 0.2) is 18.2 Å². The predicted octanol–water partition coefficient (Wildman–Crippen LogP) is 2.89. The molecule has 64 valence electrons. The normalized spacial score (nSPS) is 21.3. The molecule has 12 heavy (non-hydrogen) atoms. The molecular formula is C9H8ClFO. The molecule has 0 radical (unpaired) electrons. The highest BCUT2D eigenvalue weighted by molar-refractivity contribution is 6.21. The Morgan fingerprint density at radius 1 is 1.50 bits per heavy atom. The van der Waals surface area contributed by atoms with E-state index < -0.39 is 0 Å². The molecule has 1 aliphatic heterocycles. The first-order chi connectivity index (χ1) is 5.77. The summed E-state index contributed by atoms with van der Waals surface area (Å²) in [4.78, 5) is 0. The van der Waals surface area contributed by atoms with Crippen LogP contribution in [-0.2, 0) is 0 Å². The van der Waals surface area contributed by atoms with E-state index in [4.69, 9.17) is 16.3 Å². The second-order valence-corrected chi connectivity index (χ2v) is 3.31. The molecule has 1 atom stereocenters. The van der Waals surface area contributed by atoms with Crippen molar-refractivity contribution in [2.24, 2.45) is 0 Å². The van der Waals surface area contributed by atoms with Crippen LogP contribution in [0.25, 0.3) is 0 Å². The van der Waals surface area contributed by atoms with Crippen LogP contribution < -0.4 is 4.74 Å². The number of ether oxygens (including phenoxy) is 1. The second-order valence-electron chi connectivity index (χ2n) is 2.79. The third-order valence-corrected chi connectivity index (χ3v) is 2.39. The zero-order valence-corrected chi connectivity index (χ0v) is 7.14. The van der Waals surface area contributed by atoms with E-state index in [0.717, 1.165) is 12.0 Å². The lowest BCUT2D eigenvalue weighted by Crippen LogP contribution is -2.10. The Bertz CT molecular complexity index is 301. The Balaban J connectivity index is 2.47. The molecule has 0 bridgehead atoms. The molecule has 0 N–H and O–H groups in total. The van der Waals surface area contributed by atoms with Crippen molar-refractivity contribution in [1.29, 1.82) is 0 Å². The average molecular weight is 187 g/mol. The van der Waals surface area contributed by atoms with Crippen LogP contribution in [0.3, 0.4) is 0 Å². The summed E-state index contributed by atoms with van der Waals surface area (Å²) in [6.07, 6.45) is 0.748. The van der Waals surface area contributed by atoms with Gasteiger partial charge in [-0.25, -0.2) is 4.39 Å². The topological polar surface area (TPSA) is 9.23 Å². The van der Waals surface area contributed by atoms with Crippen molar-refractivity contribution in [2.45, 2.75) is 11.8 Å². The zero-order chi connectivity index (χ0) is 8.55. The van der Waals surface area contributed by atoms with Gasteiger partial charge in [-0.2, -0.15) is 0 Å². The van der Waals surface area contributed by atoms with E-state index >= 15 is 0 Å². The van der Waals surface area contributed by atoms with E-state index in [9.17, 15) is 4.39 Å². The Kier molecular flexibility index (Phi) is 1.93. The van der Waals surface area contributed by atoms with Crippen molar-refractivity contribution >= 4 is 11.6 Å². The number of hydrogen-bond donors (Lipinski definition) is 0. The first-order valence-corrected chi connectivity index (χ1v) is 4.27. The van der Waals surface area contributed by atoms with E-state index in [-0.39, 0.29) is 11.2 Å². The quantitative estimate of drug-likeness (QED) is 0.566. The summed E-state index contributed by atoms with van der Waals surface area (Å²) in [5.41, 5.74) is 0.767. The van der Waals surface area contributed by atoms with Crippen LogP contribution >= 0.6 is 11.6 Å². The van der Waals surface area contributed by atoms with Crippen molar-refractivity contribution in [3.63, 3.8) is 0 Å². The fourth-order valence-corrected chi connectivity index (χ4v) is 1.58. The molecule has 0 spiro atoms. The van der Waals surface area contributed by atoms with Gasteiger partial charge in [0.15, 0.2) is 0 Å².